The summed E-state index contributed by atoms with van der Waals surface area (Å²) < 4.78 is 5.82. The predicted molar refractivity (Wildman–Crippen MR) is 115 cm³/mol. The lowest BCUT2D eigenvalue weighted by atomic mass is 10.2. The quantitative estimate of drug-likeness (QED) is 0.510. The van der Waals surface area contributed by atoms with E-state index in [-0.39, 0.29) is 5.91 Å². The molecule has 6 nitrogen and oxygen atoms in total. The van der Waals surface area contributed by atoms with Crippen molar-refractivity contribution in [1.82, 2.24) is 20.1 Å². The van der Waals surface area contributed by atoms with Crippen molar-refractivity contribution >= 4 is 17.7 Å². The number of aryl methyl sites for hydroxylation is 1. The van der Waals surface area contributed by atoms with Crippen LogP contribution in [0.15, 0.2) is 59.8 Å². The second-order valence-corrected chi connectivity index (χ2v) is 7.48. The van der Waals surface area contributed by atoms with Crippen molar-refractivity contribution in [3.05, 3.63) is 71.5 Å². The van der Waals surface area contributed by atoms with E-state index in [0.717, 1.165) is 29.1 Å². The number of thioether (sulfide) groups is 1. The molecule has 0 radical (unpaired) electrons. The number of carbonyl (C=O) groups is 1. The van der Waals surface area contributed by atoms with Crippen molar-refractivity contribution in [2.45, 2.75) is 38.6 Å². The van der Waals surface area contributed by atoms with Crippen LogP contribution in [0, 0.1) is 0 Å². The average molecular weight is 411 g/mol. The number of rotatable bonds is 10. The first-order valence-corrected chi connectivity index (χ1v) is 10.7. The zero-order valence-corrected chi connectivity index (χ0v) is 17.6. The Morgan fingerprint density at radius 2 is 1.83 bits per heavy atom. The first kappa shape index (κ1) is 20.9. The Labute approximate surface area is 175 Å². The van der Waals surface area contributed by atoms with Crippen LogP contribution in [0.3, 0.4) is 0 Å². The molecule has 0 atom stereocenters. The lowest BCUT2D eigenvalue weighted by Gasteiger charge is -2.20. The van der Waals surface area contributed by atoms with E-state index in [0.29, 0.717) is 30.6 Å². The first-order chi connectivity index (χ1) is 14.2. The smallest absolute Gasteiger partial charge is 0.233 e. The first-order valence-electron chi connectivity index (χ1n) is 9.75. The van der Waals surface area contributed by atoms with Crippen LogP contribution in [0.2, 0.25) is 0 Å². The van der Waals surface area contributed by atoms with Gasteiger partial charge in [-0.15, -0.1) is 5.10 Å². The van der Waals surface area contributed by atoms with Gasteiger partial charge in [0.25, 0.3) is 0 Å². The van der Waals surface area contributed by atoms with E-state index in [4.69, 9.17) is 4.74 Å². The largest absolute Gasteiger partial charge is 0.489 e. The molecule has 0 bridgehead atoms. The summed E-state index contributed by atoms with van der Waals surface area (Å²) >= 11 is 1.36. The molecule has 1 aromatic heterocycles. The summed E-state index contributed by atoms with van der Waals surface area (Å²) in [4.78, 5) is 18.7. The highest BCUT2D eigenvalue weighted by Gasteiger charge is 2.14. The molecule has 0 aliphatic heterocycles. The molecule has 1 N–H and O–H groups in total. The predicted octanol–water partition coefficient (Wildman–Crippen LogP) is 4.09. The molecule has 2 aromatic carbocycles. The molecule has 0 spiro atoms. The Morgan fingerprint density at radius 1 is 1.07 bits per heavy atom. The number of H-pyrrole nitrogens is 1. The Morgan fingerprint density at radius 3 is 2.48 bits per heavy atom. The maximum Gasteiger partial charge on any atom is 0.233 e. The number of amides is 1. The second-order valence-electron chi connectivity index (χ2n) is 6.53. The molecular formula is C22H26N4O2S. The van der Waals surface area contributed by atoms with Crippen molar-refractivity contribution in [3.63, 3.8) is 0 Å². The number of hydrogen-bond acceptors (Lipinski definition) is 5. The van der Waals surface area contributed by atoms with Crippen LogP contribution in [0.1, 0.15) is 30.8 Å². The van der Waals surface area contributed by atoms with Crippen LogP contribution in [0.25, 0.3) is 0 Å². The maximum absolute atomic E-state index is 12.6. The molecule has 1 amide bonds. The van der Waals surface area contributed by atoms with Gasteiger partial charge in [0.1, 0.15) is 18.2 Å². The summed E-state index contributed by atoms with van der Waals surface area (Å²) in [6.45, 7) is 5.76. The van der Waals surface area contributed by atoms with E-state index in [1.54, 1.807) is 0 Å². The Kier molecular flexibility index (Phi) is 7.69. The van der Waals surface area contributed by atoms with Gasteiger partial charge >= 0.3 is 0 Å². The van der Waals surface area contributed by atoms with Gasteiger partial charge in [0, 0.05) is 19.5 Å². The fourth-order valence-electron chi connectivity index (χ4n) is 2.75. The van der Waals surface area contributed by atoms with E-state index in [9.17, 15) is 4.79 Å². The molecule has 3 rings (SSSR count). The number of carbonyl (C=O) groups excluding carboxylic acids is 1. The van der Waals surface area contributed by atoms with Crippen molar-refractivity contribution in [2.24, 2.45) is 0 Å². The van der Waals surface area contributed by atoms with Gasteiger partial charge in [-0.1, -0.05) is 61.2 Å². The third kappa shape index (κ3) is 6.35. The molecule has 0 unspecified atom stereocenters. The standard InChI is InChI=1S/C22H26N4O2S/c1-3-20-23-22(25-24-20)29-16-21(27)26(4-2)14-17-10-12-19(13-11-17)28-15-18-8-6-5-7-9-18/h5-13H,3-4,14-16H2,1-2H3,(H,23,24,25). The molecule has 0 aliphatic rings. The third-order valence-electron chi connectivity index (χ3n) is 4.45. The lowest BCUT2D eigenvalue weighted by molar-refractivity contribution is -0.128. The Balaban J connectivity index is 1.49. The molecular weight excluding hydrogens is 384 g/mol. The molecule has 0 saturated heterocycles. The topological polar surface area (TPSA) is 71.1 Å². The van der Waals surface area contributed by atoms with Gasteiger partial charge in [-0.25, -0.2) is 4.98 Å². The van der Waals surface area contributed by atoms with Crippen molar-refractivity contribution in [1.29, 1.82) is 0 Å². The molecule has 0 saturated carbocycles. The molecule has 29 heavy (non-hydrogen) atoms. The minimum absolute atomic E-state index is 0.0738. The summed E-state index contributed by atoms with van der Waals surface area (Å²) in [6.07, 6.45) is 0.799. The van der Waals surface area contributed by atoms with E-state index < -0.39 is 0 Å². The van der Waals surface area contributed by atoms with E-state index in [1.807, 2.05) is 73.3 Å². The fraction of sp³-hybridized carbons (Fsp3) is 0.318. The molecule has 3 aromatic rings. The summed E-state index contributed by atoms with van der Waals surface area (Å²) in [5.74, 6) is 2.05. The molecule has 0 aliphatic carbocycles. The van der Waals surface area contributed by atoms with Gasteiger partial charge in [-0.2, -0.15) is 0 Å². The SMILES string of the molecule is CCc1nc(SCC(=O)N(CC)Cc2ccc(OCc3ccccc3)cc2)n[nH]1. The van der Waals surface area contributed by atoms with Crippen molar-refractivity contribution in [3.8, 4) is 5.75 Å². The number of hydrogen-bond donors (Lipinski definition) is 1. The monoisotopic (exact) mass is 410 g/mol. The summed E-state index contributed by atoms with van der Waals surface area (Å²) in [7, 11) is 0. The van der Waals surface area contributed by atoms with Crippen LogP contribution in [-0.2, 0) is 24.4 Å². The highest BCUT2D eigenvalue weighted by atomic mass is 32.2. The average Bonchev–Trinajstić information content (AvgIpc) is 3.24. The van der Waals surface area contributed by atoms with Gasteiger partial charge in [0.2, 0.25) is 11.1 Å². The van der Waals surface area contributed by atoms with Crippen LogP contribution >= 0.6 is 11.8 Å². The number of aromatic amines is 1. The number of benzene rings is 2. The van der Waals surface area contributed by atoms with Gasteiger partial charge in [-0.05, 0) is 30.2 Å². The Hall–Kier alpha value is -2.80. The van der Waals surface area contributed by atoms with Crippen LogP contribution in [0.4, 0.5) is 0 Å². The molecule has 0 fully saturated rings. The number of nitrogens with one attached hydrogen (secondary N) is 1. The highest BCUT2D eigenvalue weighted by Crippen LogP contribution is 2.17. The summed E-state index contributed by atoms with van der Waals surface area (Å²) in [5.41, 5.74) is 2.21. The maximum atomic E-state index is 12.6. The summed E-state index contributed by atoms with van der Waals surface area (Å²) in [5, 5.41) is 7.61. The number of aromatic nitrogens is 3. The molecule has 1 heterocycles. The van der Waals surface area contributed by atoms with Crippen molar-refractivity contribution in [2.75, 3.05) is 12.3 Å². The number of nitrogens with zero attached hydrogens (tertiary/aromatic N) is 3. The Bertz CT molecular complexity index is 897. The van der Waals surface area contributed by atoms with E-state index >= 15 is 0 Å². The molecule has 7 heteroatoms. The van der Waals surface area contributed by atoms with E-state index in [2.05, 4.69) is 15.2 Å². The second kappa shape index (κ2) is 10.7. The zero-order chi connectivity index (χ0) is 20.5. The van der Waals surface area contributed by atoms with Crippen LogP contribution in [-0.4, -0.2) is 38.3 Å². The van der Waals surface area contributed by atoms with Crippen molar-refractivity contribution < 1.29 is 9.53 Å². The minimum Gasteiger partial charge on any atom is -0.489 e. The van der Waals surface area contributed by atoms with E-state index in [1.165, 1.54) is 11.8 Å². The lowest BCUT2D eigenvalue weighted by Crippen LogP contribution is -2.31. The van der Waals surface area contributed by atoms with Gasteiger partial charge in [0.05, 0.1) is 5.75 Å². The fourth-order valence-corrected chi connectivity index (χ4v) is 3.47. The summed E-state index contributed by atoms with van der Waals surface area (Å²) in [6, 6.07) is 18.0. The van der Waals surface area contributed by atoms with Gasteiger partial charge in [0.15, 0.2) is 0 Å². The highest BCUT2D eigenvalue weighted by molar-refractivity contribution is 7.99. The van der Waals surface area contributed by atoms with Gasteiger partial charge < -0.3 is 9.64 Å². The van der Waals surface area contributed by atoms with Crippen LogP contribution < -0.4 is 4.74 Å². The van der Waals surface area contributed by atoms with Gasteiger partial charge in [-0.3, -0.25) is 9.89 Å². The normalized spacial score (nSPS) is 10.7. The zero-order valence-electron chi connectivity index (χ0n) is 16.8. The third-order valence-corrected chi connectivity index (χ3v) is 5.28. The minimum atomic E-state index is 0.0738. The number of ether oxygens (including phenoxy) is 1. The molecule has 152 valence electrons. The van der Waals surface area contributed by atoms with Crippen LogP contribution in [0.5, 0.6) is 5.75 Å².